The minimum atomic E-state index is 0.772. The zero-order valence-corrected chi connectivity index (χ0v) is 8.72. The SMILES string of the molecule is C=Cc1cc(C)ccc1CNC1CC1. The van der Waals surface area contributed by atoms with E-state index in [1.807, 2.05) is 6.08 Å². The van der Waals surface area contributed by atoms with E-state index in [0.717, 1.165) is 12.6 Å². The lowest BCUT2D eigenvalue weighted by molar-refractivity contribution is 0.687. The topological polar surface area (TPSA) is 12.0 Å². The highest BCUT2D eigenvalue weighted by molar-refractivity contribution is 5.53. The van der Waals surface area contributed by atoms with E-state index in [4.69, 9.17) is 0 Å². The van der Waals surface area contributed by atoms with E-state index in [1.54, 1.807) is 0 Å². The van der Waals surface area contributed by atoms with Gasteiger partial charge in [0.15, 0.2) is 0 Å². The zero-order valence-electron chi connectivity index (χ0n) is 8.72. The molecule has 0 amide bonds. The van der Waals surface area contributed by atoms with Gasteiger partial charge in [-0.15, -0.1) is 0 Å². The lowest BCUT2D eigenvalue weighted by Gasteiger charge is -2.07. The van der Waals surface area contributed by atoms with Crippen LogP contribution in [0.5, 0.6) is 0 Å². The van der Waals surface area contributed by atoms with Crippen molar-refractivity contribution in [1.29, 1.82) is 0 Å². The summed E-state index contributed by atoms with van der Waals surface area (Å²) in [6.07, 6.45) is 4.63. The molecule has 1 aromatic carbocycles. The van der Waals surface area contributed by atoms with Gasteiger partial charge in [0.1, 0.15) is 0 Å². The Morgan fingerprint density at radius 1 is 1.50 bits per heavy atom. The Bertz CT molecular complexity index is 337. The summed E-state index contributed by atoms with van der Waals surface area (Å²) in [7, 11) is 0. The largest absolute Gasteiger partial charge is 0.310 e. The molecular formula is C13H17N. The van der Waals surface area contributed by atoms with E-state index in [1.165, 1.54) is 29.5 Å². The van der Waals surface area contributed by atoms with Crippen molar-refractivity contribution in [1.82, 2.24) is 5.32 Å². The van der Waals surface area contributed by atoms with Crippen LogP contribution in [0.1, 0.15) is 29.5 Å². The smallest absolute Gasteiger partial charge is 0.0214 e. The van der Waals surface area contributed by atoms with Crippen molar-refractivity contribution in [3.63, 3.8) is 0 Å². The van der Waals surface area contributed by atoms with Gasteiger partial charge in [-0.25, -0.2) is 0 Å². The predicted molar refractivity (Wildman–Crippen MR) is 61.1 cm³/mol. The second-order valence-electron chi connectivity index (χ2n) is 4.06. The lowest BCUT2D eigenvalue weighted by atomic mass is 10.0. The molecule has 0 bridgehead atoms. The van der Waals surface area contributed by atoms with Crippen LogP contribution in [0.3, 0.4) is 0 Å². The molecule has 0 unspecified atom stereocenters. The lowest BCUT2D eigenvalue weighted by Crippen LogP contribution is -2.15. The molecule has 0 spiro atoms. The Hall–Kier alpha value is -1.08. The summed E-state index contributed by atoms with van der Waals surface area (Å²) < 4.78 is 0. The number of aryl methyl sites for hydroxylation is 1. The summed E-state index contributed by atoms with van der Waals surface area (Å²) in [5, 5.41) is 3.52. The molecule has 14 heavy (non-hydrogen) atoms. The highest BCUT2D eigenvalue weighted by Crippen LogP contribution is 2.20. The third kappa shape index (κ3) is 2.24. The number of rotatable bonds is 4. The Morgan fingerprint density at radius 3 is 2.93 bits per heavy atom. The Morgan fingerprint density at radius 2 is 2.29 bits per heavy atom. The number of nitrogens with one attached hydrogen (secondary N) is 1. The molecule has 0 aromatic heterocycles. The number of benzene rings is 1. The first-order chi connectivity index (χ1) is 6.79. The molecule has 1 N–H and O–H groups in total. The van der Waals surface area contributed by atoms with Gasteiger partial charge >= 0.3 is 0 Å². The molecule has 74 valence electrons. The van der Waals surface area contributed by atoms with Crippen molar-refractivity contribution in [2.24, 2.45) is 0 Å². The third-order valence-corrected chi connectivity index (χ3v) is 2.68. The molecule has 1 saturated carbocycles. The average molecular weight is 187 g/mol. The fraction of sp³-hybridized carbons (Fsp3) is 0.385. The zero-order chi connectivity index (χ0) is 9.97. The van der Waals surface area contributed by atoms with Crippen molar-refractivity contribution in [3.8, 4) is 0 Å². The van der Waals surface area contributed by atoms with E-state index < -0.39 is 0 Å². The summed E-state index contributed by atoms with van der Waals surface area (Å²) >= 11 is 0. The van der Waals surface area contributed by atoms with Crippen molar-refractivity contribution in [2.75, 3.05) is 0 Å². The van der Waals surface area contributed by atoms with E-state index in [-0.39, 0.29) is 0 Å². The fourth-order valence-corrected chi connectivity index (χ4v) is 1.61. The fourth-order valence-electron chi connectivity index (χ4n) is 1.61. The molecule has 0 radical (unpaired) electrons. The first kappa shape index (κ1) is 9.47. The minimum Gasteiger partial charge on any atom is -0.310 e. The van der Waals surface area contributed by atoms with Crippen molar-refractivity contribution >= 4 is 6.08 Å². The number of hydrogen-bond donors (Lipinski definition) is 1. The molecular weight excluding hydrogens is 170 g/mol. The quantitative estimate of drug-likeness (QED) is 0.764. The van der Waals surface area contributed by atoms with E-state index in [0.29, 0.717) is 0 Å². The van der Waals surface area contributed by atoms with Gasteiger partial charge in [-0.2, -0.15) is 0 Å². The summed E-state index contributed by atoms with van der Waals surface area (Å²) in [6, 6.07) is 7.32. The van der Waals surface area contributed by atoms with Gasteiger partial charge < -0.3 is 5.32 Å². The van der Waals surface area contributed by atoms with Crippen LogP contribution in [0.15, 0.2) is 24.8 Å². The standard InChI is InChI=1S/C13H17N/c1-3-11-8-10(2)4-5-12(11)9-14-13-6-7-13/h3-5,8,13-14H,1,6-7,9H2,2H3. The molecule has 1 aliphatic rings. The van der Waals surface area contributed by atoms with Gasteiger partial charge in [0.05, 0.1) is 0 Å². The second kappa shape index (κ2) is 3.97. The molecule has 2 rings (SSSR count). The molecule has 0 heterocycles. The van der Waals surface area contributed by atoms with E-state index in [9.17, 15) is 0 Å². The first-order valence-electron chi connectivity index (χ1n) is 5.25. The Labute approximate surface area is 85.8 Å². The Balaban J connectivity index is 2.09. The third-order valence-electron chi connectivity index (χ3n) is 2.68. The minimum absolute atomic E-state index is 0.772. The van der Waals surface area contributed by atoms with Crippen molar-refractivity contribution in [3.05, 3.63) is 41.5 Å². The monoisotopic (exact) mass is 187 g/mol. The van der Waals surface area contributed by atoms with Crippen LogP contribution < -0.4 is 5.32 Å². The van der Waals surface area contributed by atoms with Crippen molar-refractivity contribution < 1.29 is 0 Å². The first-order valence-corrected chi connectivity index (χ1v) is 5.25. The maximum absolute atomic E-state index is 3.85. The van der Waals surface area contributed by atoms with E-state index >= 15 is 0 Å². The maximum atomic E-state index is 3.85. The van der Waals surface area contributed by atoms with Gasteiger partial charge in [-0.3, -0.25) is 0 Å². The predicted octanol–water partition coefficient (Wildman–Crippen LogP) is 2.89. The van der Waals surface area contributed by atoms with E-state index in [2.05, 4.69) is 37.0 Å². The van der Waals surface area contributed by atoms with Gasteiger partial charge in [-0.05, 0) is 30.9 Å². The van der Waals surface area contributed by atoms with Crippen LogP contribution in [0.2, 0.25) is 0 Å². The molecule has 1 fully saturated rings. The normalized spacial score (nSPS) is 15.5. The molecule has 1 aromatic rings. The van der Waals surface area contributed by atoms with Crippen LogP contribution >= 0.6 is 0 Å². The van der Waals surface area contributed by atoms with Crippen LogP contribution in [0, 0.1) is 6.92 Å². The summed E-state index contributed by atoms with van der Waals surface area (Å²) in [4.78, 5) is 0. The second-order valence-corrected chi connectivity index (χ2v) is 4.06. The molecule has 0 saturated heterocycles. The maximum Gasteiger partial charge on any atom is 0.0214 e. The highest BCUT2D eigenvalue weighted by Gasteiger charge is 2.20. The average Bonchev–Trinajstić information content (AvgIpc) is 2.99. The van der Waals surface area contributed by atoms with Gasteiger partial charge in [-0.1, -0.05) is 36.4 Å². The molecule has 0 aliphatic heterocycles. The molecule has 0 atom stereocenters. The number of hydrogen-bond acceptors (Lipinski definition) is 1. The van der Waals surface area contributed by atoms with Crippen molar-refractivity contribution in [2.45, 2.75) is 32.4 Å². The molecule has 1 nitrogen and oxygen atoms in total. The van der Waals surface area contributed by atoms with Gasteiger partial charge in [0.2, 0.25) is 0 Å². The molecule has 1 heteroatoms. The van der Waals surface area contributed by atoms with Crippen LogP contribution in [0.4, 0.5) is 0 Å². The van der Waals surface area contributed by atoms with Crippen LogP contribution in [0.25, 0.3) is 6.08 Å². The summed E-state index contributed by atoms with van der Waals surface area (Å²) in [6.45, 7) is 6.94. The highest BCUT2D eigenvalue weighted by atomic mass is 14.9. The van der Waals surface area contributed by atoms with Crippen LogP contribution in [-0.2, 0) is 6.54 Å². The summed E-state index contributed by atoms with van der Waals surface area (Å²) in [5.41, 5.74) is 3.92. The molecule has 1 aliphatic carbocycles. The van der Waals surface area contributed by atoms with Gasteiger partial charge in [0, 0.05) is 12.6 Å². The Kier molecular flexibility index (Phi) is 2.69. The summed E-state index contributed by atoms with van der Waals surface area (Å²) in [5.74, 6) is 0. The van der Waals surface area contributed by atoms with Crippen LogP contribution in [-0.4, -0.2) is 6.04 Å². The van der Waals surface area contributed by atoms with Gasteiger partial charge in [0.25, 0.3) is 0 Å².